The van der Waals surface area contributed by atoms with Crippen LogP contribution in [0.25, 0.3) is 21.7 Å². The number of tetrazole rings is 1. The standard InChI is InChI=1S/C11H8N8O/c1-13-9-7(10(12)20)4-14-19-5-6(3-8(9)19)11-15-17-18(2)16-11/h1,3-5H,2H3,(H-,12,20)/p+1. The molecule has 0 saturated heterocycles. The molecule has 9 nitrogen and oxygen atoms in total. The number of fused-ring (bicyclic) bond motifs is 1. The van der Waals surface area contributed by atoms with Gasteiger partial charge in [-0.1, -0.05) is 0 Å². The average molecular weight is 269 g/mol. The van der Waals surface area contributed by atoms with Gasteiger partial charge in [-0.2, -0.15) is 9.90 Å². The summed E-state index contributed by atoms with van der Waals surface area (Å²) in [6.45, 7) is 5.33. The maximum atomic E-state index is 11.3. The molecule has 0 radical (unpaired) electrons. The molecule has 9 heteroatoms. The number of aryl methyl sites for hydroxylation is 1. The van der Waals surface area contributed by atoms with Crippen molar-refractivity contribution in [1.29, 1.82) is 0 Å². The lowest BCUT2D eigenvalue weighted by molar-refractivity contribution is 0.100. The Morgan fingerprint density at radius 2 is 2.30 bits per heavy atom. The van der Waals surface area contributed by atoms with E-state index < -0.39 is 5.91 Å². The third kappa shape index (κ3) is 1.67. The van der Waals surface area contributed by atoms with Crippen LogP contribution < -0.4 is 5.73 Å². The largest absolute Gasteiger partial charge is 0.379 e. The summed E-state index contributed by atoms with van der Waals surface area (Å²) in [6.07, 6.45) is 3.00. The fourth-order valence-corrected chi connectivity index (χ4v) is 1.88. The molecule has 3 aromatic rings. The maximum Gasteiger partial charge on any atom is 0.379 e. The highest BCUT2D eigenvalue weighted by atomic mass is 16.1. The van der Waals surface area contributed by atoms with Gasteiger partial charge in [-0.05, 0) is 16.1 Å². The third-order valence-electron chi connectivity index (χ3n) is 2.77. The predicted molar refractivity (Wildman–Crippen MR) is 69.5 cm³/mol. The molecule has 3 heterocycles. The first kappa shape index (κ1) is 11.8. The summed E-state index contributed by atoms with van der Waals surface area (Å²) in [5.74, 6) is -0.217. The van der Waals surface area contributed by atoms with Crippen molar-refractivity contribution < 1.29 is 4.79 Å². The van der Waals surface area contributed by atoms with Gasteiger partial charge in [-0.15, -0.1) is 10.2 Å². The molecule has 0 aliphatic carbocycles. The van der Waals surface area contributed by atoms with E-state index in [2.05, 4.69) is 25.4 Å². The Labute approximate surface area is 112 Å². The van der Waals surface area contributed by atoms with Crippen LogP contribution in [-0.2, 0) is 7.05 Å². The molecule has 2 N–H and O–H groups in total. The quantitative estimate of drug-likeness (QED) is 0.715. The lowest BCUT2D eigenvalue weighted by Gasteiger charge is -1.94. The Kier molecular flexibility index (Phi) is 2.43. The summed E-state index contributed by atoms with van der Waals surface area (Å²) in [7, 11) is 1.66. The molecule has 1 amide bonds. The maximum absolute atomic E-state index is 11.3. The number of rotatable bonds is 2. The van der Waals surface area contributed by atoms with Crippen molar-refractivity contribution in [2.24, 2.45) is 12.8 Å². The number of carbonyl (C=O) groups excluding carboxylic acids is 1. The van der Waals surface area contributed by atoms with Crippen molar-refractivity contribution in [3.05, 3.63) is 28.9 Å². The first-order valence-corrected chi connectivity index (χ1v) is 5.56. The number of carbonyl (C=O) groups is 1. The average Bonchev–Trinajstić information content (AvgIpc) is 3.02. The fraction of sp³-hybridized carbons (Fsp3) is 0.0909. The Morgan fingerprint density at radius 1 is 1.50 bits per heavy atom. The van der Waals surface area contributed by atoms with Crippen LogP contribution in [0.2, 0.25) is 0 Å². The zero-order chi connectivity index (χ0) is 14.3. The van der Waals surface area contributed by atoms with E-state index in [0.29, 0.717) is 16.9 Å². The Hall–Kier alpha value is -3.28. The number of nitrogens with two attached hydrogens (primary N) is 1. The van der Waals surface area contributed by atoms with Crippen LogP contribution in [0.3, 0.4) is 0 Å². The first-order chi connectivity index (χ1) is 9.60. The van der Waals surface area contributed by atoms with Gasteiger partial charge >= 0.3 is 5.69 Å². The second-order valence-electron chi connectivity index (χ2n) is 4.06. The number of primary amides is 1. The van der Waals surface area contributed by atoms with Crippen molar-refractivity contribution in [2.45, 2.75) is 0 Å². The van der Waals surface area contributed by atoms with E-state index in [4.69, 9.17) is 12.3 Å². The minimum Gasteiger partial charge on any atom is -0.365 e. The number of nitrogens with zero attached hydrogens (tertiary/aromatic N) is 7. The van der Waals surface area contributed by atoms with Gasteiger partial charge in [0.05, 0.1) is 13.2 Å². The van der Waals surface area contributed by atoms with Gasteiger partial charge in [-0.25, -0.2) is 4.52 Å². The van der Waals surface area contributed by atoms with Crippen molar-refractivity contribution >= 4 is 17.1 Å². The second kappa shape index (κ2) is 4.13. The van der Waals surface area contributed by atoms with Crippen molar-refractivity contribution in [1.82, 2.24) is 29.8 Å². The van der Waals surface area contributed by atoms with Gasteiger partial charge in [0.25, 0.3) is 12.5 Å². The number of hydrogen-bond acceptors (Lipinski definition) is 5. The summed E-state index contributed by atoms with van der Waals surface area (Å²) < 4.78 is 1.52. The molecular weight excluding hydrogens is 260 g/mol. The molecule has 0 bridgehead atoms. The highest BCUT2D eigenvalue weighted by Gasteiger charge is 2.23. The Bertz CT molecular complexity index is 868. The minimum atomic E-state index is -0.649. The number of hydrogen-bond donors (Lipinski definition) is 1. The van der Waals surface area contributed by atoms with Gasteiger partial charge in [0.1, 0.15) is 0 Å². The molecule has 3 rings (SSSR count). The van der Waals surface area contributed by atoms with E-state index in [1.165, 1.54) is 15.5 Å². The van der Waals surface area contributed by atoms with E-state index in [0.717, 1.165) is 0 Å². The predicted octanol–water partition coefficient (Wildman–Crippen LogP) is 0.218. The molecule has 0 fully saturated rings. The molecule has 20 heavy (non-hydrogen) atoms. The van der Waals surface area contributed by atoms with Crippen molar-refractivity contribution in [3.8, 4) is 18.0 Å². The van der Waals surface area contributed by atoms with Crippen LogP contribution in [0.5, 0.6) is 0 Å². The lowest BCUT2D eigenvalue weighted by Crippen LogP contribution is -2.12. The highest BCUT2D eigenvalue weighted by Crippen LogP contribution is 2.28. The second-order valence-corrected chi connectivity index (χ2v) is 4.06. The SMILES string of the molecule is C#[N+]c1c(C(N)=O)cnn2cc(-c3nnn(C)n3)cc12. The zero-order valence-corrected chi connectivity index (χ0v) is 10.4. The first-order valence-electron chi connectivity index (χ1n) is 5.56. The molecule has 98 valence electrons. The monoisotopic (exact) mass is 269 g/mol. The van der Waals surface area contributed by atoms with Crippen LogP contribution in [0.15, 0.2) is 18.5 Å². The van der Waals surface area contributed by atoms with Crippen LogP contribution >= 0.6 is 0 Å². The Balaban J connectivity index is 2.26. The minimum absolute atomic E-state index is 0.150. The summed E-state index contributed by atoms with van der Waals surface area (Å²) in [5.41, 5.74) is 6.89. The van der Waals surface area contributed by atoms with E-state index in [-0.39, 0.29) is 11.3 Å². The molecule has 0 atom stereocenters. The van der Waals surface area contributed by atoms with Crippen molar-refractivity contribution in [2.75, 3.05) is 0 Å². The number of aromatic nitrogens is 6. The fourth-order valence-electron chi connectivity index (χ4n) is 1.88. The molecule has 0 aliphatic rings. The smallest absolute Gasteiger partial charge is 0.365 e. The van der Waals surface area contributed by atoms with Crippen LogP contribution in [0.1, 0.15) is 10.4 Å². The molecule has 0 unspecified atom stereocenters. The molecule has 0 saturated carbocycles. The molecule has 0 spiro atoms. The summed E-state index contributed by atoms with van der Waals surface area (Å²) in [5, 5.41) is 15.8. The topological polar surface area (TPSA) is 108 Å². The molecule has 3 aromatic heterocycles. The summed E-state index contributed by atoms with van der Waals surface area (Å²) in [4.78, 5) is 16.3. The zero-order valence-electron chi connectivity index (χ0n) is 10.4. The molecular formula is C11H9N8O+. The van der Waals surface area contributed by atoms with Crippen LogP contribution in [0.4, 0.5) is 5.69 Å². The highest BCUT2D eigenvalue weighted by molar-refractivity contribution is 6.02. The summed E-state index contributed by atoms with van der Waals surface area (Å²) >= 11 is 0. The van der Waals surface area contributed by atoms with Gasteiger partial charge in [-0.3, -0.25) is 4.79 Å². The van der Waals surface area contributed by atoms with E-state index >= 15 is 0 Å². The Morgan fingerprint density at radius 3 is 2.90 bits per heavy atom. The van der Waals surface area contributed by atoms with Crippen LogP contribution in [-0.4, -0.2) is 35.7 Å². The molecule has 0 aromatic carbocycles. The van der Waals surface area contributed by atoms with E-state index in [9.17, 15) is 4.79 Å². The van der Waals surface area contributed by atoms with E-state index in [1.807, 2.05) is 0 Å². The number of amides is 1. The van der Waals surface area contributed by atoms with Gasteiger partial charge < -0.3 is 5.73 Å². The van der Waals surface area contributed by atoms with Gasteiger partial charge in [0.2, 0.25) is 5.82 Å². The summed E-state index contributed by atoms with van der Waals surface area (Å²) in [6, 6.07) is 1.71. The third-order valence-corrected chi connectivity index (χ3v) is 2.77. The van der Waals surface area contributed by atoms with Gasteiger partial charge in [0, 0.05) is 11.8 Å². The van der Waals surface area contributed by atoms with Crippen LogP contribution in [0, 0.1) is 6.57 Å². The van der Waals surface area contributed by atoms with E-state index in [1.54, 1.807) is 19.3 Å². The van der Waals surface area contributed by atoms with Crippen molar-refractivity contribution in [3.63, 3.8) is 0 Å². The molecule has 0 aliphatic heterocycles. The normalized spacial score (nSPS) is 10.6. The van der Waals surface area contributed by atoms with Gasteiger partial charge in [0.15, 0.2) is 11.1 Å². The lowest BCUT2D eigenvalue weighted by atomic mass is 10.2.